The SMILES string of the molecule is CNC(=O)[C@@H](C)N(Cc1ccccc1)C(=O)CCSc1ccc(C)cc1. The smallest absolute Gasteiger partial charge is 0.242 e. The molecule has 0 radical (unpaired) electrons. The molecule has 0 aliphatic carbocycles. The van der Waals surface area contributed by atoms with Crippen molar-refractivity contribution in [1.82, 2.24) is 10.2 Å². The first kappa shape index (κ1) is 20.0. The fraction of sp³-hybridized carbons (Fsp3) is 0.333. The summed E-state index contributed by atoms with van der Waals surface area (Å²) >= 11 is 1.66. The average molecular weight is 371 g/mol. The zero-order valence-electron chi connectivity index (χ0n) is 15.6. The first-order valence-electron chi connectivity index (χ1n) is 8.75. The second-order valence-electron chi connectivity index (χ2n) is 6.21. The van der Waals surface area contributed by atoms with Gasteiger partial charge < -0.3 is 10.2 Å². The van der Waals surface area contributed by atoms with Crippen molar-refractivity contribution < 1.29 is 9.59 Å². The Hall–Kier alpha value is -2.27. The molecule has 0 fully saturated rings. The average Bonchev–Trinajstić information content (AvgIpc) is 2.67. The minimum absolute atomic E-state index is 0.00966. The third-order valence-corrected chi connectivity index (χ3v) is 5.23. The Morgan fingerprint density at radius 1 is 1.08 bits per heavy atom. The highest BCUT2D eigenvalue weighted by atomic mass is 32.2. The van der Waals surface area contributed by atoms with Gasteiger partial charge in [0.25, 0.3) is 0 Å². The summed E-state index contributed by atoms with van der Waals surface area (Å²) in [6.45, 7) is 4.26. The van der Waals surface area contributed by atoms with Crippen molar-refractivity contribution in [1.29, 1.82) is 0 Å². The maximum atomic E-state index is 12.8. The van der Waals surface area contributed by atoms with Crippen LogP contribution in [0.5, 0.6) is 0 Å². The number of hydrogen-bond acceptors (Lipinski definition) is 3. The first-order chi connectivity index (χ1) is 12.5. The van der Waals surface area contributed by atoms with Gasteiger partial charge in [0, 0.05) is 30.7 Å². The van der Waals surface area contributed by atoms with Crippen LogP contribution in [0.25, 0.3) is 0 Å². The van der Waals surface area contributed by atoms with E-state index in [-0.39, 0.29) is 11.8 Å². The van der Waals surface area contributed by atoms with Crippen LogP contribution in [0.1, 0.15) is 24.5 Å². The molecule has 138 valence electrons. The Bertz CT molecular complexity index is 717. The quantitative estimate of drug-likeness (QED) is 0.722. The van der Waals surface area contributed by atoms with Crippen molar-refractivity contribution in [3.8, 4) is 0 Å². The van der Waals surface area contributed by atoms with Gasteiger partial charge in [-0.2, -0.15) is 0 Å². The van der Waals surface area contributed by atoms with Crippen LogP contribution in [0.2, 0.25) is 0 Å². The Kier molecular flexibility index (Phi) is 7.73. The molecule has 0 saturated carbocycles. The van der Waals surface area contributed by atoms with Gasteiger partial charge in [0.05, 0.1) is 0 Å². The van der Waals surface area contributed by atoms with Crippen LogP contribution in [0, 0.1) is 6.92 Å². The molecule has 1 N–H and O–H groups in total. The molecule has 4 nitrogen and oxygen atoms in total. The molecule has 2 aromatic rings. The Labute approximate surface area is 160 Å². The summed E-state index contributed by atoms with van der Waals surface area (Å²) in [6.07, 6.45) is 0.396. The van der Waals surface area contributed by atoms with E-state index < -0.39 is 6.04 Å². The summed E-state index contributed by atoms with van der Waals surface area (Å²) in [4.78, 5) is 27.7. The third kappa shape index (κ3) is 5.92. The Morgan fingerprint density at radius 2 is 1.73 bits per heavy atom. The number of carbonyl (C=O) groups is 2. The van der Waals surface area contributed by atoms with Crippen molar-refractivity contribution in [3.05, 3.63) is 65.7 Å². The van der Waals surface area contributed by atoms with Crippen molar-refractivity contribution in [3.63, 3.8) is 0 Å². The normalized spacial score (nSPS) is 11.7. The minimum Gasteiger partial charge on any atom is -0.357 e. The van der Waals surface area contributed by atoms with E-state index in [9.17, 15) is 9.59 Å². The van der Waals surface area contributed by atoms with Crippen LogP contribution in [0.3, 0.4) is 0 Å². The number of benzene rings is 2. The minimum atomic E-state index is -0.503. The lowest BCUT2D eigenvalue weighted by Crippen LogP contribution is -2.46. The zero-order valence-corrected chi connectivity index (χ0v) is 16.4. The second kappa shape index (κ2) is 10.0. The molecule has 0 aliphatic heterocycles. The zero-order chi connectivity index (χ0) is 18.9. The molecule has 2 rings (SSSR count). The topological polar surface area (TPSA) is 49.4 Å². The van der Waals surface area contributed by atoms with Gasteiger partial charge in [0.15, 0.2) is 0 Å². The Balaban J connectivity index is 1.99. The predicted molar refractivity (Wildman–Crippen MR) is 107 cm³/mol. The van der Waals surface area contributed by atoms with Crippen LogP contribution in [-0.4, -0.2) is 35.6 Å². The highest BCUT2D eigenvalue weighted by Gasteiger charge is 2.25. The van der Waals surface area contributed by atoms with E-state index in [4.69, 9.17) is 0 Å². The molecule has 26 heavy (non-hydrogen) atoms. The van der Waals surface area contributed by atoms with Gasteiger partial charge >= 0.3 is 0 Å². The van der Waals surface area contributed by atoms with Crippen molar-refractivity contribution in [2.75, 3.05) is 12.8 Å². The number of likely N-dealkylation sites (N-methyl/N-ethyl adjacent to an activating group) is 1. The molecular weight excluding hydrogens is 344 g/mol. The second-order valence-corrected chi connectivity index (χ2v) is 7.38. The van der Waals surface area contributed by atoms with Crippen molar-refractivity contribution in [2.45, 2.75) is 37.8 Å². The van der Waals surface area contributed by atoms with E-state index in [0.717, 1.165) is 10.5 Å². The van der Waals surface area contributed by atoms with Gasteiger partial charge in [-0.15, -0.1) is 11.8 Å². The molecule has 5 heteroatoms. The van der Waals surface area contributed by atoms with E-state index in [1.807, 2.05) is 30.3 Å². The molecule has 0 unspecified atom stereocenters. The molecule has 0 saturated heterocycles. The number of nitrogens with zero attached hydrogens (tertiary/aromatic N) is 1. The number of nitrogens with one attached hydrogen (secondary N) is 1. The van der Waals surface area contributed by atoms with Crippen LogP contribution in [0.15, 0.2) is 59.5 Å². The highest BCUT2D eigenvalue weighted by molar-refractivity contribution is 7.99. The number of aryl methyl sites for hydroxylation is 1. The third-order valence-electron chi connectivity index (χ3n) is 4.22. The summed E-state index contributed by atoms with van der Waals surface area (Å²) in [5.74, 6) is 0.526. The number of rotatable bonds is 8. The van der Waals surface area contributed by atoms with E-state index in [1.54, 1.807) is 30.6 Å². The molecule has 0 bridgehead atoms. The van der Waals surface area contributed by atoms with Crippen LogP contribution in [-0.2, 0) is 16.1 Å². The molecule has 0 aromatic heterocycles. The van der Waals surface area contributed by atoms with E-state index in [2.05, 4.69) is 36.5 Å². The van der Waals surface area contributed by atoms with Gasteiger partial charge in [0.1, 0.15) is 6.04 Å². The lowest BCUT2D eigenvalue weighted by Gasteiger charge is -2.28. The lowest BCUT2D eigenvalue weighted by atomic mass is 10.1. The summed E-state index contributed by atoms with van der Waals surface area (Å²) in [5, 5.41) is 2.64. The van der Waals surface area contributed by atoms with E-state index in [1.165, 1.54) is 5.56 Å². The largest absolute Gasteiger partial charge is 0.357 e. The van der Waals surface area contributed by atoms with Gasteiger partial charge in [-0.25, -0.2) is 0 Å². The lowest BCUT2D eigenvalue weighted by molar-refractivity contribution is -0.140. The number of thioether (sulfide) groups is 1. The molecular formula is C21H26N2O2S. The first-order valence-corrected chi connectivity index (χ1v) is 9.74. The Morgan fingerprint density at radius 3 is 2.35 bits per heavy atom. The van der Waals surface area contributed by atoms with Crippen LogP contribution in [0.4, 0.5) is 0 Å². The molecule has 0 spiro atoms. The van der Waals surface area contributed by atoms with Crippen LogP contribution < -0.4 is 5.32 Å². The monoisotopic (exact) mass is 370 g/mol. The van der Waals surface area contributed by atoms with Gasteiger partial charge in [0.2, 0.25) is 11.8 Å². The molecule has 2 aromatic carbocycles. The summed E-state index contributed by atoms with van der Waals surface area (Å²) in [6, 6.07) is 17.5. The molecule has 0 aliphatic rings. The van der Waals surface area contributed by atoms with Gasteiger partial charge in [-0.3, -0.25) is 9.59 Å². The number of hydrogen-bond donors (Lipinski definition) is 1. The highest BCUT2D eigenvalue weighted by Crippen LogP contribution is 2.20. The van der Waals surface area contributed by atoms with Crippen molar-refractivity contribution in [2.24, 2.45) is 0 Å². The van der Waals surface area contributed by atoms with Crippen molar-refractivity contribution >= 4 is 23.6 Å². The molecule has 1 atom stereocenters. The summed E-state index contributed by atoms with van der Waals surface area (Å²) < 4.78 is 0. The molecule has 0 heterocycles. The summed E-state index contributed by atoms with van der Waals surface area (Å²) in [7, 11) is 1.59. The van der Waals surface area contributed by atoms with Gasteiger partial charge in [-0.05, 0) is 31.5 Å². The fourth-order valence-electron chi connectivity index (χ4n) is 2.61. The van der Waals surface area contributed by atoms with Gasteiger partial charge in [-0.1, -0.05) is 48.0 Å². The predicted octanol–water partition coefficient (Wildman–Crippen LogP) is 3.64. The maximum absolute atomic E-state index is 12.8. The maximum Gasteiger partial charge on any atom is 0.242 e. The fourth-order valence-corrected chi connectivity index (χ4v) is 3.45. The van der Waals surface area contributed by atoms with Crippen LogP contribution >= 0.6 is 11.8 Å². The van der Waals surface area contributed by atoms with E-state index in [0.29, 0.717) is 18.7 Å². The number of carbonyl (C=O) groups excluding carboxylic acids is 2. The number of amides is 2. The summed E-state index contributed by atoms with van der Waals surface area (Å²) in [5.41, 5.74) is 2.24. The molecule has 2 amide bonds. The van der Waals surface area contributed by atoms with E-state index >= 15 is 0 Å². The standard InChI is InChI=1S/C21H26N2O2S/c1-16-9-11-19(12-10-16)26-14-13-20(24)23(17(2)21(25)22-3)15-18-7-5-4-6-8-18/h4-12,17H,13-15H2,1-3H3,(H,22,25)/t17-/m1/s1.